The summed E-state index contributed by atoms with van der Waals surface area (Å²) in [5.74, 6) is -0.845. The lowest BCUT2D eigenvalue weighted by Crippen LogP contribution is -2.48. The van der Waals surface area contributed by atoms with Crippen molar-refractivity contribution in [2.75, 3.05) is 13.1 Å². The maximum atomic E-state index is 12.2. The first-order valence-corrected chi connectivity index (χ1v) is 7.32. The van der Waals surface area contributed by atoms with Crippen LogP contribution >= 0.6 is 0 Å². The highest BCUT2D eigenvalue weighted by Gasteiger charge is 2.37. The number of aliphatic carboxylic acids is 1. The van der Waals surface area contributed by atoms with Gasteiger partial charge in [0.15, 0.2) is 0 Å². The van der Waals surface area contributed by atoms with Crippen LogP contribution in [0.15, 0.2) is 0 Å². The molecule has 2 fully saturated rings. The number of carbonyl (C=O) groups is 2. The summed E-state index contributed by atoms with van der Waals surface area (Å²) in [5.41, 5.74) is 0.303. The van der Waals surface area contributed by atoms with Crippen LogP contribution in [0.5, 0.6) is 0 Å². The lowest BCUT2D eigenvalue weighted by Gasteiger charge is -2.41. The second-order valence-corrected chi connectivity index (χ2v) is 5.93. The molecule has 0 radical (unpaired) electrons. The van der Waals surface area contributed by atoms with Gasteiger partial charge < -0.3 is 15.3 Å². The molecular formula is C14H24N2O3. The highest BCUT2D eigenvalue weighted by atomic mass is 16.4. The molecule has 108 valence electrons. The highest BCUT2D eigenvalue weighted by molar-refractivity contribution is 5.76. The van der Waals surface area contributed by atoms with Gasteiger partial charge >= 0.3 is 12.0 Å². The molecule has 0 aliphatic heterocycles. The highest BCUT2D eigenvalue weighted by Crippen LogP contribution is 2.43. The van der Waals surface area contributed by atoms with Gasteiger partial charge in [0.1, 0.15) is 0 Å². The van der Waals surface area contributed by atoms with Gasteiger partial charge in [0.2, 0.25) is 0 Å². The molecule has 0 heterocycles. The molecule has 2 rings (SSSR count). The van der Waals surface area contributed by atoms with Gasteiger partial charge in [-0.3, -0.25) is 4.79 Å². The molecule has 0 atom stereocenters. The SMILES string of the molecule is CCC1(CNC(=O)N(CCC(=O)O)C2CC2)CCC1. The largest absolute Gasteiger partial charge is 0.481 e. The Kier molecular flexibility index (Phi) is 4.32. The van der Waals surface area contributed by atoms with Gasteiger partial charge in [-0.05, 0) is 37.5 Å². The van der Waals surface area contributed by atoms with Gasteiger partial charge in [-0.25, -0.2) is 4.79 Å². The molecule has 0 bridgehead atoms. The Hall–Kier alpha value is -1.26. The molecule has 0 aromatic heterocycles. The van der Waals surface area contributed by atoms with E-state index in [0.29, 0.717) is 12.0 Å². The summed E-state index contributed by atoms with van der Waals surface area (Å²) in [6.45, 7) is 3.23. The summed E-state index contributed by atoms with van der Waals surface area (Å²) in [7, 11) is 0. The molecule has 0 spiro atoms. The predicted octanol–water partition coefficient (Wildman–Crippen LogP) is 2.22. The fraction of sp³-hybridized carbons (Fsp3) is 0.857. The average Bonchev–Trinajstić information content (AvgIpc) is 3.12. The molecule has 2 aliphatic rings. The topological polar surface area (TPSA) is 69.6 Å². The number of nitrogens with zero attached hydrogens (tertiary/aromatic N) is 1. The number of carbonyl (C=O) groups excluding carboxylic acids is 1. The van der Waals surface area contributed by atoms with E-state index in [2.05, 4.69) is 12.2 Å². The molecule has 0 aromatic rings. The van der Waals surface area contributed by atoms with Gasteiger partial charge in [-0.15, -0.1) is 0 Å². The summed E-state index contributed by atoms with van der Waals surface area (Å²) in [4.78, 5) is 24.5. The number of amides is 2. The van der Waals surface area contributed by atoms with Crippen molar-refractivity contribution >= 4 is 12.0 Å². The third-order valence-corrected chi connectivity index (χ3v) is 4.59. The number of hydrogen-bond acceptors (Lipinski definition) is 2. The third-order valence-electron chi connectivity index (χ3n) is 4.59. The van der Waals surface area contributed by atoms with Gasteiger partial charge in [0.25, 0.3) is 0 Å². The van der Waals surface area contributed by atoms with E-state index in [-0.39, 0.29) is 18.5 Å². The molecule has 0 saturated heterocycles. The van der Waals surface area contributed by atoms with Gasteiger partial charge in [-0.2, -0.15) is 0 Å². The minimum atomic E-state index is -0.845. The molecule has 2 N–H and O–H groups in total. The Morgan fingerprint density at radius 1 is 1.37 bits per heavy atom. The summed E-state index contributed by atoms with van der Waals surface area (Å²) in [5, 5.41) is 11.7. The smallest absolute Gasteiger partial charge is 0.317 e. The third kappa shape index (κ3) is 3.61. The number of hydrogen-bond donors (Lipinski definition) is 2. The summed E-state index contributed by atoms with van der Waals surface area (Å²) in [6, 6.07) is 0.182. The zero-order chi connectivity index (χ0) is 13.9. The zero-order valence-corrected chi connectivity index (χ0v) is 11.7. The Morgan fingerprint density at radius 3 is 2.47 bits per heavy atom. The van der Waals surface area contributed by atoms with Gasteiger partial charge in [0, 0.05) is 19.1 Å². The van der Waals surface area contributed by atoms with Crippen molar-refractivity contribution in [1.29, 1.82) is 0 Å². The van der Waals surface area contributed by atoms with Crippen LogP contribution in [0.3, 0.4) is 0 Å². The first-order chi connectivity index (χ1) is 9.06. The van der Waals surface area contributed by atoms with E-state index in [9.17, 15) is 9.59 Å². The van der Waals surface area contributed by atoms with Crippen LogP contribution in [-0.2, 0) is 4.79 Å². The molecule has 19 heavy (non-hydrogen) atoms. The zero-order valence-electron chi connectivity index (χ0n) is 11.7. The van der Waals surface area contributed by atoms with Crippen LogP contribution in [0, 0.1) is 5.41 Å². The standard InChI is InChI=1S/C14H24N2O3/c1-2-14(7-3-8-14)10-15-13(19)16(11-4-5-11)9-6-12(17)18/h11H,2-10H2,1H3,(H,15,19)(H,17,18). The fourth-order valence-electron chi connectivity index (χ4n) is 2.75. The van der Waals surface area contributed by atoms with Crippen LogP contribution in [0.2, 0.25) is 0 Å². The summed E-state index contributed by atoms with van der Waals surface area (Å²) < 4.78 is 0. The van der Waals surface area contributed by atoms with Gasteiger partial charge in [-0.1, -0.05) is 13.3 Å². The monoisotopic (exact) mass is 268 g/mol. The predicted molar refractivity (Wildman–Crippen MR) is 72.0 cm³/mol. The average molecular weight is 268 g/mol. The molecule has 5 heteroatoms. The first kappa shape index (κ1) is 14.2. The van der Waals surface area contributed by atoms with E-state index in [4.69, 9.17) is 5.11 Å². The Bertz CT molecular complexity index is 343. The van der Waals surface area contributed by atoms with E-state index >= 15 is 0 Å². The Balaban J connectivity index is 1.80. The molecule has 5 nitrogen and oxygen atoms in total. The van der Waals surface area contributed by atoms with E-state index in [1.807, 2.05) is 0 Å². The van der Waals surface area contributed by atoms with E-state index < -0.39 is 5.97 Å². The molecule has 0 aromatic carbocycles. The molecular weight excluding hydrogens is 244 g/mol. The van der Waals surface area contributed by atoms with Crippen molar-refractivity contribution in [2.24, 2.45) is 5.41 Å². The maximum absolute atomic E-state index is 12.2. The lowest BCUT2D eigenvalue weighted by atomic mass is 9.67. The van der Waals surface area contributed by atoms with E-state index in [0.717, 1.165) is 25.8 Å². The summed E-state index contributed by atoms with van der Waals surface area (Å²) in [6.07, 6.45) is 6.80. The van der Waals surface area contributed by atoms with E-state index in [1.165, 1.54) is 19.3 Å². The fourth-order valence-corrected chi connectivity index (χ4v) is 2.75. The van der Waals surface area contributed by atoms with Crippen molar-refractivity contribution in [2.45, 2.75) is 57.9 Å². The minimum Gasteiger partial charge on any atom is -0.481 e. The van der Waals surface area contributed by atoms with Crippen LogP contribution in [-0.4, -0.2) is 41.1 Å². The first-order valence-electron chi connectivity index (χ1n) is 7.32. The van der Waals surface area contributed by atoms with Crippen LogP contribution in [0.4, 0.5) is 4.79 Å². The Labute approximate surface area is 114 Å². The van der Waals surface area contributed by atoms with Crippen molar-refractivity contribution in [3.05, 3.63) is 0 Å². The second kappa shape index (κ2) is 5.80. The van der Waals surface area contributed by atoms with Crippen LogP contribution in [0.1, 0.15) is 51.9 Å². The quantitative estimate of drug-likeness (QED) is 0.743. The molecule has 2 aliphatic carbocycles. The Morgan fingerprint density at radius 2 is 2.05 bits per heavy atom. The normalized spacial score (nSPS) is 20.5. The molecule has 0 unspecified atom stereocenters. The number of carboxylic acid groups (broad SMARTS) is 1. The van der Waals surface area contributed by atoms with Crippen molar-refractivity contribution < 1.29 is 14.7 Å². The van der Waals surface area contributed by atoms with Gasteiger partial charge in [0.05, 0.1) is 6.42 Å². The number of rotatable bonds is 7. The lowest BCUT2D eigenvalue weighted by molar-refractivity contribution is -0.137. The molecule has 2 saturated carbocycles. The minimum absolute atomic E-state index is 0.0306. The second-order valence-electron chi connectivity index (χ2n) is 5.93. The number of nitrogens with one attached hydrogen (secondary N) is 1. The van der Waals surface area contributed by atoms with Crippen molar-refractivity contribution in [3.8, 4) is 0 Å². The van der Waals surface area contributed by atoms with Crippen LogP contribution < -0.4 is 5.32 Å². The van der Waals surface area contributed by atoms with E-state index in [1.54, 1.807) is 4.90 Å². The number of carboxylic acids is 1. The maximum Gasteiger partial charge on any atom is 0.317 e. The summed E-state index contributed by atoms with van der Waals surface area (Å²) >= 11 is 0. The van der Waals surface area contributed by atoms with Crippen molar-refractivity contribution in [3.63, 3.8) is 0 Å². The molecule has 2 amide bonds. The van der Waals surface area contributed by atoms with Crippen molar-refractivity contribution in [1.82, 2.24) is 10.2 Å². The van der Waals surface area contributed by atoms with Crippen LogP contribution in [0.25, 0.3) is 0 Å². The number of urea groups is 1.